The van der Waals surface area contributed by atoms with E-state index in [1.807, 2.05) is 26.0 Å². The molecule has 0 N–H and O–H groups in total. The predicted molar refractivity (Wildman–Crippen MR) is 39.3 cm³/mol. The molecular weight excluding hydrogens is 112 g/mol. The highest BCUT2D eigenvalue weighted by Gasteiger charge is 1.82. The summed E-state index contributed by atoms with van der Waals surface area (Å²) in [5.41, 5.74) is 1.89. The molecule has 0 aliphatic heterocycles. The van der Waals surface area contributed by atoms with Gasteiger partial charge in [0.15, 0.2) is 0 Å². The first kappa shape index (κ1) is 8.15. The van der Waals surface area contributed by atoms with Gasteiger partial charge in [-0.3, -0.25) is 4.79 Å². The minimum absolute atomic E-state index is 0.769. The molecular formula is C8H12O. The van der Waals surface area contributed by atoms with E-state index in [4.69, 9.17) is 0 Å². The van der Waals surface area contributed by atoms with Crippen molar-refractivity contribution in [2.45, 2.75) is 20.8 Å². The van der Waals surface area contributed by atoms with Crippen molar-refractivity contribution in [3.8, 4) is 0 Å². The zero-order valence-corrected chi connectivity index (χ0v) is 6.14. The SMILES string of the molecule is CC=C(C)C=C(C)C=O. The van der Waals surface area contributed by atoms with Crippen LogP contribution in [0.4, 0.5) is 0 Å². The lowest BCUT2D eigenvalue weighted by Crippen LogP contribution is -1.76. The number of allylic oxidation sites excluding steroid dienone is 4. The minimum atomic E-state index is 0.769. The number of carbonyl (C=O) groups excluding carboxylic acids is 1. The van der Waals surface area contributed by atoms with Gasteiger partial charge in [-0.2, -0.15) is 0 Å². The summed E-state index contributed by atoms with van der Waals surface area (Å²) in [6.07, 6.45) is 4.67. The Balaban J connectivity index is 4.11. The van der Waals surface area contributed by atoms with Gasteiger partial charge in [-0.1, -0.05) is 17.7 Å². The van der Waals surface area contributed by atoms with Crippen LogP contribution in [0.5, 0.6) is 0 Å². The summed E-state index contributed by atoms with van der Waals surface area (Å²) in [6, 6.07) is 0. The van der Waals surface area contributed by atoms with Crippen LogP contribution in [0.25, 0.3) is 0 Å². The molecule has 0 aromatic carbocycles. The number of rotatable bonds is 2. The Bertz CT molecular complexity index is 152. The Hall–Kier alpha value is -0.850. The van der Waals surface area contributed by atoms with Crippen LogP contribution in [0.15, 0.2) is 23.3 Å². The molecule has 0 saturated carbocycles. The van der Waals surface area contributed by atoms with Gasteiger partial charge in [0.2, 0.25) is 0 Å². The molecule has 0 aliphatic rings. The summed E-state index contributed by atoms with van der Waals surface area (Å²) in [7, 11) is 0. The summed E-state index contributed by atoms with van der Waals surface area (Å²) in [5.74, 6) is 0. The van der Waals surface area contributed by atoms with Crippen molar-refractivity contribution < 1.29 is 4.79 Å². The van der Waals surface area contributed by atoms with Crippen LogP contribution in [-0.2, 0) is 4.79 Å². The quantitative estimate of drug-likeness (QED) is 0.313. The highest BCUT2D eigenvalue weighted by Crippen LogP contribution is 1.97. The average molecular weight is 124 g/mol. The summed E-state index contributed by atoms with van der Waals surface area (Å²) in [4.78, 5) is 10.1. The fraction of sp³-hybridized carbons (Fsp3) is 0.375. The van der Waals surface area contributed by atoms with E-state index >= 15 is 0 Å². The summed E-state index contributed by atoms with van der Waals surface area (Å²) >= 11 is 0. The molecule has 0 atom stereocenters. The normalized spacial score (nSPS) is 13.7. The van der Waals surface area contributed by atoms with Crippen molar-refractivity contribution >= 4 is 6.29 Å². The molecule has 0 saturated heterocycles. The molecule has 0 aromatic rings. The molecule has 0 rings (SSSR count). The van der Waals surface area contributed by atoms with E-state index < -0.39 is 0 Å². The predicted octanol–water partition coefficient (Wildman–Crippen LogP) is 2.10. The monoisotopic (exact) mass is 124 g/mol. The van der Waals surface area contributed by atoms with Crippen LogP contribution in [0, 0.1) is 0 Å². The van der Waals surface area contributed by atoms with Crippen molar-refractivity contribution in [3.05, 3.63) is 23.3 Å². The van der Waals surface area contributed by atoms with Crippen molar-refractivity contribution in [1.29, 1.82) is 0 Å². The van der Waals surface area contributed by atoms with Gasteiger partial charge in [0.25, 0.3) is 0 Å². The summed E-state index contributed by atoms with van der Waals surface area (Å²) < 4.78 is 0. The molecule has 0 fully saturated rings. The molecule has 0 amide bonds. The molecule has 0 aromatic heterocycles. The van der Waals surface area contributed by atoms with Crippen LogP contribution in [0.2, 0.25) is 0 Å². The topological polar surface area (TPSA) is 17.1 Å². The van der Waals surface area contributed by atoms with E-state index in [1.54, 1.807) is 6.92 Å². The Kier molecular flexibility index (Phi) is 3.69. The number of aldehydes is 1. The first-order valence-electron chi connectivity index (χ1n) is 2.97. The van der Waals surface area contributed by atoms with Crippen molar-refractivity contribution in [1.82, 2.24) is 0 Å². The van der Waals surface area contributed by atoms with Crippen molar-refractivity contribution in [3.63, 3.8) is 0 Å². The summed E-state index contributed by atoms with van der Waals surface area (Å²) in [6.45, 7) is 5.71. The standard InChI is InChI=1S/C8H12O/c1-4-7(2)5-8(3)6-9/h4-6H,1-3H3. The lowest BCUT2D eigenvalue weighted by molar-refractivity contribution is -0.104. The number of hydrogen-bond donors (Lipinski definition) is 0. The van der Waals surface area contributed by atoms with Crippen molar-refractivity contribution in [2.24, 2.45) is 0 Å². The third-order valence-corrected chi connectivity index (χ3v) is 1.10. The lowest BCUT2D eigenvalue weighted by Gasteiger charge is -1.88. The van der Waals surface area contributed by atoms with E-state index in [0.717, 1.165) is 17.4 Å². The van der Waals surface area contributed by atoms with Crippen LogP contribution in [0.1, 0.15) is 20.8 Å². The van der Waals surface area contributed by atoms with E-state index in [1.165, 1.54) is 0 Å². The maximum absolute atomic E-state index is 10.1. The van der Waals surface area contributed by atoms with Gasteiger partial charge < -0.3 is 0 Å². The first-order chi connectivity index (χ1) is 4.20. The van der Waals surface area contributed by atoms with Crippen LogP contribution in [0.3, 0.4) is 0 Å². The highest BCUT2D eigenvalue weighted by atomic mass is 16.1. The zero-order valence-electron chi connectivity index (χ0n) is 6.14. The van der Waals surface area contributed by atoms with E-state index in [0.29, 0.717) is 0 Å². The van der Waals surface area contributed by atoms with Gasteiger partial charge in [-0.15, -0.1) is 0 Å². The van der Waals surface area contributed by atoms with Gasteiger partial charge in [0, 0.05) is 0 Å². The summed E-state index contributed by atoms with van der Waals surface area (Å²) in [5, 5.41) is 0. The maximum Gasteiger partial charge on any atom is 0.145 e. The molecule has 0 radical (unpaired) electrons. The Morgan fingerprint density at radius 3 is 2.11 bits per heavy atom. The van der Waals surface area contributed by atoms with Gasteiger partial charge in [0.1, 0.15) is 6.29 Å². The molecule has 0 bridgehead atoms. The number of hydrogen-bond acceptors (Lipinski definition) is 1. The maximum atomic E-state index is 10.1. The molecule has 0 unspecified atom stereocenters. The third kappa shape index (κ3) is 3.71. The highest BCUT2D eigenvalue weighted by molar-refractivity contribution is 5.73. The Labute approximate surface area is 56.1 Å². The van der Waals surface area contributed by atoms with Gasteiger partial charge in [0.05, 0.1) is 0 Å². The van der Waals surface area contributed by atoms with Crippen LogP contribution < -0.4 is 0 Å². The minimum Gasteiger partial charge on any atom is -0.298 e. The molecule has 0 spiro atoms. The van der Waals surface area contributed by atoms with E-state index in [2.05, 4.69) is 0 Å². The Morgan fingerprint density at radius 2 is 1.78 bits per heavy atom. The molecule has 0 aliphatic carbocycles. The van der Waals surface area contributed by atoms with Gasteiger partial charge in [-0.05, 0) is 26.3 Å². The van der Waals surface area contributed by atoms with E-state index in [9.17, 15) is 4.79 Å². The van der Waals surface area contributed by atoms with Crippen LogP contribution >= 0.6 is 0 Å². The second-order valence-electron chi connectivity index (χ2n) is 2.04. The van der Waals surface area contributed by atoms with Crippen molar-refractivity contribution in [2.75, 3.05) is 0 Å². The largest absolute Gasteiger partial charge is 0.298 e. The van der Waals surface area contributed by atoms with E-state index in [-0.39, 0.29) is 0 Å². The van der Waals surface area contributed by atoms with Crippen LogP contribution in [-0.4, -0.2) is 6.29 Å². The molecule has 0 heterocycles. The second kappa shape index (κ2) is 4.07. The smallest absolute Gasteiger partial charge is 0.145 e. The average Bonchev–Trinajstić information content (AvgIpc) is 1.87. The zero-order chi connectivity index (χ0) is 7.28. The molecule has 50 valence electrons. The van der Waals surface area contributed by atoms with Gasteiger partial charge >= 0.3 is 0 Å². The number of carbonyl (C=O) groups is 1. The fourth-order valence-corrected chi connectivity index (χ4v) is 0.476. The fourth-order valence-electron chi connectivity index (χ4n) is 0.476. The lowest BCUT2D eigenvalue weighted by atomic mass is 10.2. The molecule has 1 nitrogen and oxygen atoms in total. The second-order valence-corrected chi connectivity index (χ2v) is 2.04. The Morgan fingerprint density at radius 1 is 1.22 bits per heavy atom. The first-order valence-corrected chi connectivity index (χ1v) is 2.97. The molecule has 9 heavy (non-hydrogen) atoms. The molecule has 1 heteroatoms. The van der Waals surface area contributed by atoms with Gasteiger partial charge in [-0.25, -0.2) is 0 Å². The third-order valence-electron chi connectivity index (χ3n) is 1.10.